The van der Waals surface area contributed by atoms with Crippen molar-refractivity contribution >= 4 is 13.8 Å². The number of H-pyrrole nitrogens is 1. The maximum Gasteiger partial charge on any atom is 0.470 e. The van der Waals surface area contributed by atoms with Crippen molar-refractivity contribution in [3.8, 4) is 17.6 Å². The van der Waals surface area contributed by atoms with Gasteiger partial charge in [-0.1, -0.05) is 30.0 Å². The molecular formula is C22H25N2O11P. The number of para-hydroxylation sites is 1. The molecule has 0 spiro atoms. The van der Waals surface area contributed by atoms with Crippen LogP contribution in [-0.2, 0) is 23.4 Å². The molecule has 2 aromatic rings. The van der Waals surface area contributed by atoms with Crippen LogP contribution >= 0.6 is 7.82 Å². The molecule has 36 heavy (non-hydrogen) atoms. The molecule has 194 valence electrons. The number of nitrogens with zero attached hydrogens (tertiary/aromatic N) is 1. The molecule has 1 fully saturated rings. The highest BCUT2D eigenvalue weighted by atomic mass is 31.2. The fraction of sp³-hybridized carbons (Fsp3) is 0.409. The van der Waals surface area contributed by atoms with Crippen molar-refractivity contribution in [1.29, 1.82) is 0 Å². The molecule has 0 bridgehead atoms. The molecule has 1 aromatic heterocycles. The fourth-order valence-corrected chi connectivity index (χ4v) is 4.03. The number of hydrogen-bond donors (Lipinski definition) is 4. The standard InChI is InChI=1S/C22H25N2O11P/c1-32-13-16-19(35-36(29,30)31)18(26)21(34-16)24-12-14(20(27)23-22(24)28)8-4-2-7-11-17(25)33-15-9-5-3-6-10-15/h3,5-6,9-10,12,16,18-19,21,26H,2,7,11,13H2,1H3,(H,23,27,28)(H2,29,30,31)/t16-,18+,19+,21-/m1/s1. The minimum Gasteiger partial charge on any atom is -0.427 e. The number of aromatic nitrogens is 2. The van der Waals surface area contributed by atoms with Gasteiger partial charge in [-0.15, -0.1) is 0 Å². The van der Waals surface area contributed by atoms with Gasteiger partial charge in [-0.05, 0) is 18.6 Å². The van der Waals surface area contributed by atoms with E-state index in [4.69, 9.17) is 24.0 Å². The van der Waals surface area contributed by atoms with E-state index in [1.165, 1.54) is 7.11 Å². The van der Waals surface area contributed by atoms with Gasteiger partial charge in [0, 0.05) is 26.1 Å². The van der Waals surface area contributed by atoms with Crippen LogP contribution in [0, 0.1) is 11.8 Å². The first-order valence-corrected chi connectivity index (χ1v) is 12.3. The Morgan fingerprint density at radius 2 is 1.97 bits per heavy atom. The van der Waals surface area contributed by atoms with Gasteiger partial charge >= 0.3 is 19.5 Å². The monoisotopic (exact) mass is 524 g/mol. The molecule has 13 nitrogen and oxygen atoms in total. The normalized spacial score (nSPS) is 21.6. The summed E-state index contributed by atoms with van der Waals surface area (Å²) in [4.78, 5) is 56.8. The quantitative estimate of drug-likeness (QED) is 0.114. The van der Waals surface area contributed by atoms with Gasteiger partial charge < -0.3 is 29.1 Å². The second-order valence-electron chi connectivity index (χ2n) is 7.72. The number of rotatable bonds is 9. The Morgan fingerprint density at radius 1 is 1.25 bits per heavy atom. The fourth-order valence-electron chi connectivity index (χ4n) is 3.45. The lowest BCUT2D eigenvalue weighted by atomic mass is 10.1. The van der Waals surface area contributed by atoms with E-state index < -0.39 is 49.6 Å². The number of benzene rings is 1. The molecule has 2 heterocycles. The molecule has 0 amide bonds. The van der Waals surface area contributed by atoms with Gasteiger partial charge in [0.2, 0.25) is 0 Å². The van der Waals surface area contributed by atoms with E-state index in [1.54, 1.807) is 30.3 Å². The number of carbonyl (C=O) groups excluding carboxylic acids is 1. The average Bonchev–Trinajstić information content (AvgIpc) is 3.09. The van der Waals surface area contributed by atoms with E-state index in [9.17, 15) is 24.1 Å². The smallest absolute Gasteiger partial charge is 0.427 e. The molecule has 1 aliphatic rings. The Morgan fingerprint density at radius 3 is 2.64 bits per heavy atom. The van der Waals surface area contributed by atoms with Crippen LogP contribution in [0.1, 0.15) is 31.1 Å². The van der Waals surface area contributed by atoms with Crippen molar-refractivity contribution in [2.75, 3.05) is 13.7 Å². The van der Waals surface area contributed by atoms with E-state index in [0.717, 1.165) is 10.8 Å². The van der Waals surface area contributed by atoms with Gasteiger partial charge in [0.05, 0.1) is 6.61 Å². The number of nitrogens with one attached hydrogen (secondary N) is 1. The summed E-state index contributed by atoms with van der Waals surface area (Å²) in [5.41, 5.74) is -1.85. The summed E-state index contributed by atoms with van der Waals surface area (Å²) in [6, 6.07) is 8.58. The number of ether oxygens (including phenoxy) is 3. The first-order valence-electron chi connectivity index (χ1n) is 10.8. The highest BCUT2D eigenvalue weighted by molar-refractivity contribution is 7.46. The average molecular weight is 524 g/mol. The first-order chi connectivity index (χ1) is 17.1. The molecule has 4 N–H and O–H groups in total. The van der Waals surface area contributed by atoms with Crippen LogP contribution in [0.4, 0.5) is 0 Å². The lowest BCUT2D eigenvalue weighted by molar-refractivity contribution is -0.134. The number of unbranched alkanes of at least 4 members (excludes halogenated alkanes) is 1. The van der Waals surface area contributed by atoms with Crippen LogP contribution in [0.2, 0.25) is 0 Å². The minimum atomic E-state index is -5.01. The van der Waals surface area contributed by atoms with E-state index >= 15 is 0 Å². The lowest BCUT2D eigenvalue weighted by Crippen LogP contribution is -2.39. The van der Waals surface area contributed by atoms with Crippen molar-refractivity contribution < 1.29 is 43.0 Å². The molecule has 1 aliphatic heterocycles. The molecule has 3 rings (SSSR count). The number of phosphoric ester groups is 1. The Bertz CT molecular complexity index is 1270. The largest absolute Gasteiger partial charge is 0.470 e. The first kappa shape index (κ1) is 27.5. The third kappa shape index (κ3) is 7.46. The molecule has 0 aliphatic carbocycles. The van der Waals surface area contributed by atoms with Crippen LogP contribution < -0.4 is 16.0 Å². The van der Waals surface area contributed by atoms with Crippen molar-refractivity contribution in [2.45, 2.75) is 43.8 Å². The summed E-state index contributed by atoms with van der Waals surface area (Å²) in [6.07, 6.45) is -3.98. The summed E-state index contributed by atoms with van der Waals surface area (Å²) in [6.45, 7) is -0.199. The lowest BCUT2D eigenvalue weighted by Gasteiger charge is -2.20. The number of aromatic amines is 1. The Hall–Kier alpha value is -3.08. The zero-order valence-electron chi connectivity index (χ0n) is 19.1. The van der Waals surface area contributed by atoms with Gasteiger partial charge in [-0.3, -0.25) is 23.7 Å². The van der Waals surface area contributed by atoms with Gasteiger partial charge in [-0.2, -0.15) is 0 Å². The number of hydrogen-bond acceptors (Lipinski definition) is 9. The van der Waals surface area contributed by atoms with E-state index in [2.05, 4.69) is 21.3 Å². The number of phosphoric acid groups is 1. The van der Waals surface area contributed by atoms with Crippen LogP contribution in [0.15, 0.2) is 46.1 Å². The molecule has 14 heteroatoms. The summed E-state index contributed by atoms with van der Waals surface area (Å²) >= 11 is 0. The molecule has 0 saturated carbocycles. The Labute approximate surface area is 204 Å². The molecular weight excluding hydrogens is 499 g/mol. The third-order valence-electron chi connectivity index (χ3n) is 5.02. The number of aliphatic hydroxyl groups is 1. The van der Waals surface area contributed by atoms with Gasteiger partial charge in [0.15, 0.2) is 6.23 Å². The Balaban J connectivity index is 1.68. The maximum atomic E-state index is 12.4. The number of aliphatic hydroxyl groups excluding tert-OH is 1. The minimum absolute atomic E-state index is 0.101. The van der Waals surface area contributed by atoms with Gasteiger partial charge in [-0.25, -0.2) is 9.36 Å². The summed E-state index contributed by atoms with van der Waals surface area (Å²) in [5, 5.41) is 10.6. The van der Waals surface area contributed by atoms with Crippen LogP contribution in [0.5, 0.6) is 5.75 Å². The van der Waals surface area contributed by atoms with Crippen LogP contribution in [-0.4, -0.2) is 62.4 Å². The van der Waals surface area contributed by atoms with Gasteiger partial charge in [0.1, 0.15) is 29.6 Å². The maximum absolute atomic E-state index is 12.4. The predicted molar refractivity (Wildman–Crippen MR) is 123 cm³/mol. The van der Waals surface area contributed by atoms with Crippen LogP contribution in [0.3, 0.4) is 0 Å². The van der Waals surface area contributed by atoms with Crippen molar-refractivity contribution in [1.82, 2.24) is 9.55 Å². The highest BCUT2D eigenvalue weighted by Gasteiger charge is 2.48. The molecule has 1 saturated heterocycles. The molecule has 0 unspecified atom stereocenters. The number of esters is 1. The van der Waals surface area contributed by atoms with Gasteiger partial charge in [0.25, 0.3) is 5.56 Å². The van der Waals surface area contributed by atoms with Crippen LogP contribution in [0.25, 0.3) is 0 Å². The molecule has 0 radical (unpaired) electrons. The predicted octanol–water partition coefficient (Wildman–Crippen LogP) is 0.0466. The zero-order valence-corrected chi connectivity index (χ0v) is 20.0. The highest BCUT2D eigenvalue weighted by Crippen LogP contribution is 2.43. The van der Waals surface area contributed by atoms with Crippen molar-refractivity contribution in [2.24, 2.45) is 0 Å². The van der Waals surface area contributed by atoms with E-state index in [1.807, 2.05) is 0 Å². The molecule has 4 atom stereocenters. The zero-order chi connectivity index (χ0) is 26.3. The SMILES string of the molecule is COC[C@H]1O[C@@H](n2cc(C#CCCCC(=O)Oc3ccccc3)c(=O)[nH]c2=O)[C@@H](O)[C@H]1OP(=O)(O)O. The third-order valence-corrected chi connectivity index (χ3v) is 5.54. The summed E-state index contributed by atoms with van der Waals surface area (Å²) < 4.78 is 32.4. The Kier molecular flexibility index (Phi) is 9.36. The summed E-state index contributed by atoms with van der Waals surface area (Å²) in [5.74, 6) is 5.34. The molecule has 1 aromatic carbocycles. The topological polar surface area (TPSA) is 187 Å². The summed E-state index contributed by atoms with van der Waals surface area (Å²) in [7, 11) is -3.70. The number of methoxy groups -OCH3 is 1. The van der Waals surface area contributed by atoms with E-state index in [0.29, 0.717) is 12.2 Å². The van der Waals surface area contributed by atoms with Crippen molar-refractivity contribution in [3.63, 3.8) is 0 Å². The van der Waals surface area contributed by atoms with E-state index in [-0.39, 0.29) is 25.0 Å². The second kappa shape index (κ2) is 12.2. The second-order valence-corrected chi connectivity index (χ2v) is 8.92. The number of carbonyl (C=O) groups is 1. The van der Waals surface area contributed by atoms with Crippen molar-refractivity contribution in [3.05, 3.63) is 62.9 Å².